The molecule has 4 unspecified atom stereocenters. The van der Waals surface area contributed by atoms with Gasteiger partial charge in [0.2, 0.25) is 0 Å². The molecule has 52 heavy (non-hydrogen) atoms. The van der Waals surface area contributed by atoms with Crippen LogP contribution in [0.4, 0.5) is 0 Å². The minimum atomic E-state index is -1.29. The Labute approximate surface area is 311 Å². The first-order valence-corrected chi connectivity index (χ1v) is 21.0. The standard InChI is InChI=1S/C42H67NO9/c1-24-18-27(35(38(4,5)46)52-36(45)25-11-16-47-20-25)50-33-32(24)39(6)13-14-42-23-41(42)12-10-30(51-31-19-43(15-17-49-31)26-21-48-22-26)37(2,3)28(41)8-9-29(42)40(39,7)34(33)44/h24-35,44,46H,8-23H2,1-7H3/t24-,25?,27?,28+,29?,30+,31+,32+,33?,34+,35+,39-,40-,41-,42+/m1/s1. The Morgan fingerprint density at radius 1 is 0.942 bits per heavy atom. The quantitative estimate of drug-likeness (QED) is 0.349. The molecule has 0 bridgehead atoms. The van der Waals surface area contributed by atoms with Gasteiger partial charge in [-0.05, 0) is 117 Å². The maximum atomic E-state index is 13.2. The molecule has 15 atom stereocenters. The first kappa shape index (κ1) is 36.8. The van der Waals surface area contributed by atoms with Crippen molar-refractivity contribution < 1.29 is 43.4 Å². The Morgan fingerprint density at radius 3 is 2.38 bits per heavy atom. The van der Waals surface area contributed by atoms with Crippen molar-refractivity contribution >= 4 is 5.97 Å². The van der Waals surface area contributed by atoms with Crippen molar-refractivity contribution in [2.45, 2.75) is 155 Å². The van der Waals surface area contributed by atoms with Crippen molar-refractivity contribution in [2.24, 2.45) is 56.7 Å². The Morgan fingerprint density at radius 2 is 1.69 bits per heavy atom. The molecule has 5 aliphatic carbocycles. The van der Waals surface area contributed by atoms with Gasteiger partial charge in [0.05, 0.1) is 74.9 Å². The largest absolute Gasteiger partial charge is 0.456 e. The third-order valence-corrected chi connectivity index (χ3v) is 17.8. The monoisotopic (exact) mass is 729 g/mol. The molecule has 0 aromatic heterocycles. The Kier molecular flexibility index (Phi) is 8.71. The summed E-state index contributed by atoms with van der Waals surface area (Å²) in [7, 11) is 0. The molecule has 2 N–H and O–H groups in total. The van der Waals surface area contributed by atoms with Crippen LogP contribution < -0.4 is 0 Å². The van der Waals surface area contributed by atoms with Crippen LogP contribution in [0.15, 0.2) is 0 Å². The van der Waals surface area contributed by atoms with Gasteiger partial charge in [0.25, 0.3) is 0 Å². The lowest BCUT2D eigenvalue weighted by molar-refractivity contribution is -0.256. The summed E-state index contributed by atoms with van der Waals surface area (Å²) in [5.74, 6) is 0.860. The van der Waals surface area contributed by atoms with Gasteiger partial charge in [-0.1, -0.05) is 34.6 Å². The number of morpholine rings is 1. The highest BCUT2D eigenvalue weighted by molar-refractivity contribution is 5.73. The molecule has 9 aliphatic rings. The van der Waals surface area contributed by atoms with Crippen LogP contribution in [-0.4, -0.2) is 116 Å². The van der Waals surface area contributed by atoms with Gasteiger partial charge in [0.1, 0.15) is 0 Å². The third-order valence-electron chi connectivity index (χ3n) is 17.8. The van der Waals surface area contributed by atoms with E-state index in [1.165, 1.54) is 25.7 Å². The fourth-order valence-electron chi connectivity index (χ4n) is 15.0. The van der Waals surface area contributed by atoms with Gasteiger partial charge in [-0.3, -0.25) is 9.69 Å². The maximum absolute atomic E-state index is 13.2. The minimum Gasteiger partial charge on any atom is -0.456 e. The summed E-state index contributed by atoms with van der Waals surface area (Å²) >= 11 is 0. The molecule has 0 radical (unpaired) electrons. The maximum Gasteiger partial charge on any atom is 0.311 e. The molecule has 5 saturated carbocycles. The third kappa shape index (κ3) is 5.05. The predicted molar refractivity (Wildman–Crippen MR) is 192 cm³/mol. The summed E-state index contributed by atoms with van der Waals surface area (Å²) in [6.07, 6.45) is 7.23. The Hall–Kier alpha value is -0.850. The molecule has 4 aliphatic heterocycles. The van der Waals surface area contributed by atoms with E-state index in [0.29, 0.717) is 49.3 Å². The first-order chi connectivity index (χ1) is 24.6. The summed E-state index contributed by atoms with van der Waals surface area (Å²) in [6, 6.07) is 0.504. The van der Waals surface area contributed by atoms with Crippen LogP contribution in [0, 0.1) is 56.7 Å². The molecule has 10 heteroatoms. The van der Waals surface area contributed by atoms with Crippen LogP contribution in [0.3, 0.4) is 0 Å². The summed E-state index contributed by atoms with van der Waals surface area (Å²) in [5, 5.41) is 24.1. The van der Waals surface area contributed by atoms with E-state index in [4.69, 9.17) is 28.4 Å². The van der Waals surface area contributed by atoms with Crippen molar-refractivity contribution in [3.8, 4) is 0 Å². The molecular formula is C42H67NO9. The van der Waals surface area contributed by atoms with E-state index in [9.17, 15) is 15.0 Å². The van der Waals surface area contributed by atoms with Crippen LogP contribution in [0.1, 0.15) is 106 Å². The smallest absolute Gasteiger partial charge is 0.311 e. The van der Waals surface area contributed by atoms with E-state index in [-0.39, 0.29) is 63.9 Å². The molecule has 4 heterocycles. The van der Waals surface area contributed by atoms with Crippen LogP contribution in [-0.2, 0) is 33.2 Å². The highest BCUT2D eigenvalue weighted by Crippen LogP contribution is 2.89. The van der Waals surface area contributed by atoms with Crippen molar-refractivity contribution in [2.75, 3.05) is 46.1 Å². The zero-order chi connectivity index (χ0) is 36.6. The van der Waals surface area contributed by atoms with E-state index in [0.717, 1.165) is 52.2 Å². The second kappa shape index (κ2) is 12.3. The molecule has 10 nitrogen and oxygen atoms in total. The summed E-state index contributed by atoms with van der Waals surface area (Å²) < 4.78 is 37.2. The van der Waals surface area contributed by atoms with Crippen molar-refractivity contribution in [3.05, 3.63) is 0 Å². The van der Waals surface area contributed by atoms with Gasteiger partial charge < -0.3 is 38.6 Å². The minimum absolute atomic E-state index is 0.0425. The van der Waals surface area contributed by atoms with E-state index in [1.807, 2.05) is 0 Å². The first-order valence-electron chi connectivity index (χ1n) is 21.0. The number of ether oxygens (including phenoxy) is 6. The van der Waals surface area contributed by atoms with Gasteiger partial charge in [-0.2, -0.15) is 0 Å². The average Bonchev–Trinajstić information content (AvgIpc) is 3.31. The number of nitrogens with zero attached hydrogens (tertiary/aromatic N) is 1. The topological polar surface area (TPSA) is 116 Å². The number of hydrogen-bond acceptors (Lipinski definition) is 10. The number of carbonyl (C=O) groups excluding carboxylic acids is 1. The number of rotatable bonds is 7. The van der Waals surface area contributed by atoms with E-state index >= 15 is 0 Å². The molecule has 2 spiro atoms. The second-order valence-corrected chi connectivity index (χ2v) is 20.7. The SMILES string of the molecule is C[C@@H]1CC([C@H](OC(=O)C2CCOC2)C(C)(C)O)OC2[C@H]1[C@@]1(C)CC[C@@]34C[C@@]35CC[C@H](O[C@H]3CN(C6COC6)CCO3)C(C)(C)[C@@H]5CCC4[C@]1(C)[C@H]2O. The van der Waals surface area contributed by atoms with Crippen LogP contribution in [0.2, 0.25) is 0 Å². The molecule has 4 saturated heterocycles. The normalized spacial score (nSPS) is 51.9. The van der Waals surface area contributed by atoms with Crippen LogP contribution in [0.5, 0.6) is 0 Å². The van der Waals surface area contributed by atoms with Gasteiger partial charge >= 0.3 is 5.97 Å². The van der Waals surface area contributed by atoms with Crippen molar-refractivity contribution in [3.63, 3.8) is 0 Å². The lowest BCUT2D eigenvalue weighted by Crippen LogP contribution is -2.60. The Balaban J connectivity index is 0.938. The van der Waals surface area contributed by atoms with Gasteiger partial charge in [0, 0.05) is 18.6 Å². The summed E-state index contributed by atoms with van der Waals surface area (Å²) in [5.41, 5.74) is -1.05. The van der Waals surface area contributed by atoms with Gasteiger partial charge in [-0.15, -0.1) is 0 Å². The van der Waals surface area contributed by atoms with Gasteiger partial charge in [-0.25, -0.2) is 0 Å². The number of hydrogen-bond donors (Lipinski definition) is 2. The molecule has 9 fully saturated rings. The summed E-state index contributed by atoms with van der Waals surface area (Å²) in [4.78, 5) is 15.7. The van der Waals surface area contributed by atoms with Crippen LogP contribution in [0.25, 0.3) is 0 Å². The van der Waals surface area contributed by atoms with E-state index in [1.54, 1.807) is 13.8 Å². The number of esters is 1. The molecule has 9 rings (SSSR count). The average molecular weight is 730 g/mol. The fourth-order valence-corrected chi connectivity index (χ4v) is 15.0. The highest BCUT2D eigenvalue weighted by Gasteiger charge is 2.84. The predicted octanol–water partition coefficient (Wildman–Crippen LogP) is 4.96. The number of aliphatic hydroxyl groups is 2. The second-order valence-electron chi connectivity index (χ2n) is 20.7. The molecule has 294 valence electrons. The molecule has 0 amide bonds. The number of carbonyl (C=O) groups is 1. The van der Waals surface area contributed by atoms with Crippen molar-refractivity contribution in [1.82, 2.24) is 4.90 Å². The van der Waals surface area contributed by atoms with E-state index in [2.05, 4.69) is 39.5 Å². The van der Waals surface area contributed by atoms with Gasteiger partial charge in [0.15, 0.2) is 12.4 Å². The molecule has 0 aromatic carbocycles. The zero-order valence-corrected chi connectivity index (χ0v) is 32.9. The Bertz CT molecular complexity index is 1390. The van der Waals surface area contributed by atoms with Crippen LogP contribution >= 0.6 is 0 Å². The fraction of sp³-hybridized carbons (Fsp3) is 0.976. The molecule has 0 aromatic rings. The summed E-state index contributed by atoms with van der Waals surface area (Å²) in [6.45, 7) is 20.6. The molecular weight excluding hydrogens is 662 g/mol. The lowest BCUT2D eigenvalue weighted by Gasteiger charge is -2.64. The number of fused-ring (bicyclic) bond motifs is 4. The lowest BCUT2D eigenvalue weighted by atomic mass is 9.41. The van der Waals surface area contributed by atoms with E-state index < -0.39 is 23.9 Å². The van der Waals surface area contributed by atoms with Crippen molar-refractivity contribution in [1.29, 1.82) is 0 Å². The highest BCUT2D eigenvalue weighted by atomic mass is 16.7. The number of aliphatic hydroxyl groups excluding tert-OH is 1. The zero-order valence-electron chi connectivity index (χ0n) is 32.9.